The number of carbonyl (C=O) groups is 3. The lowest BCUT2D eigenvalue weighted by Crippen LogP contribution is -2.31. The monoisotopic (exact) mass is 2150 g/mol. The Labute approximate surface area is 811 Å². The number of carbonyl (C=O) groups excluding carboxylic acids is 2. The Morgan fingerprint density at radius 3 is 1.25 bits per heavy atom. The van der Waals surface area contributed by atoms with E-state index in [0.717, 1.165) is 6.08 Å². The molecule has 1 radical (unpaired) electrons. The zero-order valence-corrected chi connectivity index (χ0v) is 82.7. The van der Waals surface area contributed by atoms with Crippen molar-refractivity contribution < 1.29 is 120 Å². The van der Waals surface area contributed by atoms with Crippen LogP contribution in [0.4, 0.5) is 29.1 Å². The van der Waals surface area contributed by atoms with E-state index in [1.54, 1.807) is 64.0 Å². The van der Waals surface area contributed by atoms with E-state index in [1.165, 1.54) is 61.5 Å². The third-order valence-corrected chi connectivity index (χ3v) is 17.8. The van der Waals surface area contributed by atoms with Crippen LogP contribution in [0.15, 0.2) is 102 Å². The van der Waals surface area contributed by atoms with E-state index in [2.05, 4.69) is 188 Å². The SMILES string of the molecule is Brc1cnc2c(n1)OCCO2.CCOC(=O)/C=C/B1[B]C(C)(C)C(C)(C)O1.CCOC(=O)/C=C/c1cnc2c(n1)OCCO2.CN(C)C=Nc1cnc(Br)c(OCCO)n1.CN(C)C=Nc1cnc2c(n1)OCCO2.COC(OC)N(C)C.Nc1cnc(Br)c(Cl)n1.Nc1cnc(Br)c(OCCO)n1.Nc1cnc2c(n1)OCCO2.O=C(O)/C=C/c1cnc2c(n1)OCCO2.OCCO. The number of rotatable bonds is 22. The van der Waals surface area contributed by atoms with Crippen molar-refractivity contribution in [3.05, 3.63) is 109 Å². The van der Waals surface area contributed by atoms with Gasteiger partial charge in [-0.15, -0.1) is 0 Å². The number of esters is 2. The number of hydrogen-bond acceptors (Lipinski definition) is 46. The molecule has 134 heavy (non-hydrogen) atoms. The number of fused-ring (bicyclic) bond motifs is 5. The van der Waals surface area contributed by atoms with Crippen molar-refractivity contribution in [1.82, 2.24) is 94.4 Å². The molecule has 0 spiro atoms. The van der Waals surface area contributed by atoms with Gasteiger partial charge in [0.25, 0.3) is 65.6 Å². The fourth-order valence-electron chi connectivity index (χ4n) is 8.96. The second-order valence-electron chi connectivity index (χ2n) is 27.0. The maximum atomic E-state index is 11.1. The van der Waals surface area contributed by atoms with Crippen molar-refractivity contribution in [2.24, 2.45) is 9.98 Å². The van der Waals surface area contributed by atoms with Crippen LogP contribution in [0.3, 0.4) is 0 Å². The molecule has 0 unspecified atom stereocenters. The molecule has 6 aliphatic heterocycles. The molecule has 1 fully saturated rings. The lowest BCUT2D eigenvalue weighted by atomic mass is 9.25. The Morgan fingerprint density at radius 1 is 0.485 bits per heavy atom. The normalized spacial score (nSPS) is 13.7. The third-order valence-electron chi connectivity index (χ3n) is 15.2. The smallest absolute Gasteiger partial charge is 0.330 e. The molecular weight excluding hydrogens is 2050 g/mol. The van der Waals surface area contributed by atoms with Crippen LogP contribution in [0.2, 0.25) is 10.5 Å². The molecule has 0 bridgehead atoms. The van der Waals surface area contributed by atoms with Crippen LogP contribution >= 0.6 is 75.3 Å². The molecule has 0 saturated carbocycles. The molecule has 49 nitrogen and oxygen atoms in total. The standard InChI is InChI=1S/C11H19B2O3.C11H12N2O4.C9H13BrN4O2.C9H12N4O2.C9H8N2O4.C6H8BrN3O2.C6H5BrN2O2.C6H7N3O2.C5H13NO2.C4H3BrClN3.C2H6O2/c1-6-15-9(14)7-8-13-12-10(2,3)11(4,5)16-13;1-2-15-9(14)4-3-8-7-12-10-11(13-8)17-6-5-16-10;1-14(2)6-12-7-5-11-8(10)9(13-7)16-4-3-15;1-13(2)6-11-7-5-10-8-9(12-7)15-4-3-14-8;12-7(13)2-1-6-5-10-8-9(11-6)15-4-3-14-8;7-5-6(12-2-1-11)10-4(8)3-9-5;2*7-4-3-8-5-6(9-4)11-2-1-10-5;1-6(2)5(7-3)8-4;5-3-4(6)9-2(7)1-8-3;3-1-2-4/h7-8H,6H2,1-5H3;3-4,7H,2,5-6H2,1H3;5-6,15H,3-4H2,1-2H3;5-6H,3-4H2,1-2H3;1-2,5H,3-4H2,(H,12,13);3,11H,1-2H2,(H2,8,10);3H,1-2H2;3H,1-2H2,(H2,7,9);5H,1-4H3;1H,(H2,7,9);3-4H,1-2H2/b8-7+;4-3+;;;2-1+;;;;;;. The van der Waals surface area contributed by atoms with Crippen molar-refractivity contribution in [3.63, 3.8) is 0 Å². The Balaban J connectivity index is 0.000000312. The van der Waals surface area contributed by atoms with Gasteiger partial charge in [-0.3, -0.25) is 4.90 Å². The second-order valence-corrected chi connectivity index (χ2v) is 30.5. The molecule has 8 aromatic rings. The van der Waals surface area contributed by atoms with Gasteiger partial charge in [0.15, 0.2) is 26.0 Å². The molecule has 729 valence electrons. The van der Waals surface area contributed by atoms with E-state index in [0.29, 0.717) is 203 Å². The maximum Gasteiger partial charge on any atom is 0.330 e. The number of nitrogen functional groups attached to an aromatic ring is 3. The van der Waals surface area contributed by atoms with Crippen molar-refractivity contribution in [1.29, 1.82) is 0 Å². The number of methoxy groups -OCH3 is 2. The first-order valence-electron chi connectivity index (χ1n) is 39.8. The van der Waals surface area contributed by atoms with Gasteiger partial charge in [0.1, 0.15) is 113 Å². The van der Waals surface area contributed by atoms with Crippen LogP contribution in [-0.2, 0) is 38.0 Å². The van der Waals surface area contributed by atoms with Crippen LogP contribution in [-0.4, -0.2) is 352 Å². The van der Waals surface area contributed by atoms with Gasteiger partial charge >= 0.3 is 17.9 Å². The maximum absolute atomic E-state index is 11.1. The molecule has 0 atom stereocenters. The number of anilines is 3. The van der Waals surface area contributed by atoms with Crippen molar-refractivity contribution in [3.8, 4) is 70.6 Å². The predicted molar refractivity (Wildman–Crippen MR) is 504 cm³/mol. The van der Waals surface area contributed by atoms with Crippen LogP contribution < -0.4 is 74.0 Å². The van der Waals surface area contributed by atoms with Gasteiger partial charge in [-0.25, -0.2) is 79.2 Å². The highest BCUT2D eigenvalue weighted by Gasteiger charge is 2.48. The Morgan fingerprint density at radius 2 is 0.851 bits per heavy atom. The van der Waals surface area contributed by atoms with Gasteiger partial charge in [-0.1, -0.05) is 31.4 Å². The zero-order chi connectivity index (χ0) is 99.0. The van der Waals surface area contributed by atoms with Crippen LogP contribution in [0.25, 0.3) is 12.2 Å². The van der Waals surface area contributed by atoms with E-state index >= 15 is 0 Å². The molecule has 0 amide bonds. The minimum Gasteiger partial charge on any atom is -0.478 e. The molecule has 1 saturated heterocycles. The van der Waals surface area contributed by atoms with E-state index in [9.17, 15) is 14.4 Å². The summed E-state index contributed by atoms with van der Waals surface area (Å²) in [5, 5.41) is 41.1. The Hall–Kier alpha value is -11.8. The number of ether oxygens (including phenoxy) is 16. The summed E-state index contributed by atoms with van der Waals surface area (Å²) in [4.78, 5) is 110. The van der Waals surface area contributed by atoms with E-state index in [4.69, 9.17) is 135 Å². The van der Waals surface area contributed by atoms with Gasteiger partial charge in [-0.05, 0) is 123 Å². The molecule has 14 rings (SSSR count). The van der Waals surface area contributed by atoms with E-state index in [1.807, 2.05) is 52.1 Å². The summed E-state index contributed by atoms with van der Waals surface area (Å²) in [6, 6.07) is 0. The first-order chi connectivity index (χ1) is 64.0. The number of aliphatic carboxylic acids is 1. The minimum absolute atomic E-state index is 0.00331. The van der Waals surface area contributed by atoms with Gasteiger partial charge in [0.2, 0.25) is 18.2 Å². The lowest BCUT2D eigenvalue weighted by Gasteiger charge is -2.34. The fourth-order valence-corrected chi connectivity index (χ4v) is 10.2. The molecule has 8 aromatic heterocycles. The Kier molecular flexibility index (Phi) is 54.2. The average molecular weight is 2160 g/mol. The van der Waals surface area contributed by atoms with Gasteiger partial charge in [0.05, 0.1) is 113 Å². The number of aliphatic hydroxyl groups is 4. The first-order valence-corrected chi connectivity index (χ1v) is 43.3. The molecule has 11 N–H and O–H groups in total. The summed E-state index contributed by atoms with van der Waals surface area (Å²) in [6.45, 7) is 17.4. The zero-order valence-electron chi connectivity index (χ0n) is 75.6. The van der Waals surface area contributed by atoms with Crippen LogP contribution in [0.1, 0.15) is 52.9 Å². The fraction of sp³-hybridized carbons (Fsp3) is 0.449. The predicted octanol–water partition coefficient (Wildman–Crippen LogP) is 5.92. The highest BCUT2D eigenvalue weighted by molar-refractivity contribution is 9.11. The average Bonchev–Trinajstić information content (AvgIpc) is 1.64. The number of hydrogen-bond donors (Lipinski definition) is 8. The summed E-state index contributed by atoms with van der Waals surface area (Å²) in [5.74, 6) is 6.46. The molecular formula is C78H106B2Br4ClN24O25. The summed E-state index contributed by atoms with van der Waals surface area (Å²) >= 11 is 18.1. The van der Waals surface area contributed by atoms with Gasteiger partial charge in [0, 0.05) is 66.2 Å². The van der Waals surface area contributed by atoms with Crippen LogP contribution in [0, 0.1) is 0 Å². The molecule has 14 heterocycles. The summed E-state index contributed by atoms with van der Waals surface area (Å²) in [6.07, 6.45) is 21.5. The highest BCUT2D eigenvalue weighted by atomic mass is 79.9. The number of nitrogens with zero attached hydrogens (tertiary/aromatic N) is 21. The largest absolute Gasteiger partial charge is 0.478 e. The number of carboxylic acid groups (broad SMARTS) is 1. The van der Waals surface area contributed by atoms with E-state index < -0.39 is 11.9 Å². The topological polar surface area (TPSA) is 628 Å². The first kappa shape index (κ1) is 115. The summed E-state index contributed by atoms with van der Waals surface area (Å²) in [7, 11) is 16.6. The van der Waals surface area contributed by atoms with Crippen molar-refractivity contribution in [2.75, 3.05) is 193 Å². The van der Waals surface area contributed by atoms with Crippen molar-refractivity contribution in [2.45, 2.75) is 58.9 Å². The molecule has 6 aliphatic rings. The summed E-state index contributed by atoms with van der Waals surface area (Å²) in [5.41, 5.74) is 16.7. The van der Waals surface area contributed by atoms with Gasteiger partial charge in [-0.2, -0.15) is 24.9 Å². The minimum atomic E-state index is -1.04. The lowest BCUT2D eigenvalue weighted by molar-refractivity contribution is -0.179. The highest BCUT2D eigenvalue weighted by Crippen LogP contribution is 2.46. The molecule has 0 aromatic carbocycles. The number of aliphatic imine (C=N–C) groups is 2. The second kappa shape index (κ2) is 63.4. The number of aromatic nitrogens is 16. The molecule has 56 heteroatoms. The van der Waals surface area contributed by atoms with Crippen LogP contribution in [0.5, 0.6) is 70.6 Å². The number of carboxylic acids is 1. The number of nitrogens with two attached hydrogens (primary N) is 3. The van der Waals surface area contributed by atoms with E-state index in [-0.39, 0.29) is 80.7 Å². The third kappa shape index (κ3) is 45.3. The number of aliphatic hydroxyl groups excluding tert-OH is 4. The van der Waals surface area contributed by atoms with Gasteiger partial charge < -0.3 is 133 Å². The summed E-state index contributed by atoms with van der Waals surface area (Å²) < 4.78 is 89.4. The number of halogens is 5. The quantitative estimate of drug-likeness (QED) is 0.00974. The van der Waals surface area contributed by atoms with Crippen molar-refractivity contribution >= 4 is 161 Å². The molecule has 0 aliphatic carbocycles. The Bertz CT molecular complexity index is 4970.